The number of esters is 1. The Morgan fingerprint density at radius 3 is 2.54 bits per heavy atom. The number of ether oxygens (including phenoxy) is 2. The summed E-state index contributed by atoms with van der Waals surface area (Å²) in [5.74, 6) is -0.247. The van der Waals surface area contributed by atoms with Gasteiger partial charge in [-0.25, -0.2) is 0 Å². The SMILES string of the molecule is CCOCC(C)N[C@@H](C)C(=O)OC. The quantitative estimate of drug-likeness (QED) is 0.620. The van der Waals surface area contributed by atoms with Gasteiger partial charge in [0.25, 0.3) is 0 Å². The van der Waals surface area contributed by atoms with Gasteiger partial charge in [0.2, 0.25) is 0 Å². The van der Waals surface area contributed by atoms with Crippen LogP contribution in [-0.4, -0.2) is 38.4 Å². The smallest absolute Gasteiger partial charge is 0.322 e. The second-order valence-electron chi connectivity index (χ2n) is 2.97. The van der Waals surface area contributed by atoms with Crippen molar-refractivity contribution in [1.82, 2.24) is 5.32 Å². The van der Waals surface area contributed by atoms with Crippen molar-refractivity contribution in [2.45, 2.75) is 32.9 Å². The number of rotatable bonds is 6. The van der Waals surface area contributed by atoms with Gasteiger partial charge in [-0.2, -0.15) is 0 Å². The number of nitrogens with one attached hydrogen (secondary N) is 1. The van der Waals surface area contributed by atoms with Crippen LogP contribution in [0.5, 0.6) is 0 Å². The van der Waals surface area contributed by atoms with Crippen molar-refractivity contribution in [3.05, 3.63) is 0 Å². The van der Waals surface area contributed by atoms with E-state index in [-0.39, 0.29) is 18.1 Å². The molecule has 0 fully saturated rings. The predicted octanol–water partition coefficient (Wildman–Crippen LogP) is 0.562. The Bertz CT molecular complexity index is 150. The molecule has 1 unspecified atom stereocenters. The highest BCUT2D eigenvalue weighted by atomic mass is 16.5. The van der Waals surface area contributed by atoms with Gasteiger partial charge in [0.05, 0.1) is 13.7 Å². The van der Waals surface area contributed by atoms with Crippen molar-refractivity contribution >= 4 is 5.97 Å². The molecule has 0 bridgehead atoms. The molecule has 0 aromatic rings. The Hall–Kier alpha value is -0.610. The van der Waals surface area contributed by atoms with E-state index in [2.05, 4.69) is 10.1 Å². The van der Waals surface area contributed by atoms with E-state index in [9.17, 15) is 4.79 Å². The molecule has 0 saturated carbocycles. The highest BCUT2D eigenvalue weighted by Crippen LogP contribution is 1.91. The zero-order chi connectivity index (χ0) is 10.3. The van der Waals surface area contributed by atoms with Crippen LogP contribution >= 0.6 is 0 Å². The van der Waals surface area contributed by atoms with Crippen molar-refractivity contribution in [2.24, 2.45) is 0 Å². The summed E-state index contributed by atoms with van der Waals surface area (Å²) in [5.41, 5.74) is 0. The van der Waals surface area contributed by atoms with E-state index < -0.39 is 0 Å². The highest BCUT2D eigenvalue weighted by Gasteiger charge is 2.14. The van der Waals surface area contributed by atoms with Gasteiger partial charge in [0.15, 0.2) is 0 Å². The molecule has 0 aromatic carbocycles. The normalized spacial score (nSPS) is 15.1. The third-order valence-electron chi connectivity index (χ3n) is 1.66. The number of hydrogen-bond acceptors (Lipinski definition) is 4. The van der Waals surface area contributed by atoms with Gasteiger partial charge in [-0.1, -0.05) is 0 Å². The fourth-order valence-electron chi connectivity index (χ4n) is 1.01. The highest BCUT2D eigenvalue weighted by molar-refractivity contribution is 5.75. The van der Waals surface area contributed by atoms with Crippen LogP contribution in [0.3, 0.4) is 0 Å². The van der Waals surface area contributed by atoms with Crippen LogP contribution in [0.4, 0.5) is 0 Å². The standard InChI is InChI=1S/C9H19NO3/c1-5-13-6-7(2)10-8(3)9(11)12-4/h7-8,10H,5-6H2,1-4H3/t7?,8-/m0/s1. The van der Waals surface area contributed by atoms with Crippen LogP contribution in [0.15, 0.2) is 0 Å². The van der Waals surface area contributed by atoms with Gasteiger partial charge in [-0.05, 0) is 20.8 Å². The largest absolute Gasteiger partial charge is 0.468 e. The Kier molecular flexibility index (Phi) is 6.54. The molecule has 0 aliphatic rings. The molecule has 0 radical (unpaired) electrons. The van der Waals surface area contributed by atoms with E-state index in [0.717, 1.165) is 0 Å². The summed E-state index contributed by atoms with van der Waals surface area (Å²) in [5, 5.41) is 3.07. The topological polar surface area (TPSA) is 47.6 Å². The van der Waals surface area contributed by atoms with Crippen LogP contribution in [-0.2, 0) is 14.3 Å². The van der Waals surface area contributed by atoms with Crippen LogP contribution in [0.1, 0.15) is 20.8 Å². The summed E-state index contributed by atoms with van der Waals surface area (Å²) < 4.78 is 9.77. The zero-order valence-electron chi connectivity index (χ0n) is 8.79. The molecule has 0 aliphatic carbocycles. The molecule has 0 rings (SSSR count). The third kappa shape index (κ3) is 5.60. The molecule has 0 amide bonds. The molecule has 4 heteroatoms. The second-order valence-corrected chi connectivity index (χ2v) is 2.97. The van der Waals surface area contributed by atoms with Crippen molar-refractivity contribution in [3.63, 3.8) is 0 Å². The van der Waals surface area contributed by atoms with Gasteiger partial charge in [-0.15, -0.1) is 0 Å². The first-order valence-corrected chi connectivity index (χ1v) is 4.53. The summed E-state index contributed by atoms with van der Waals surface area (Å²) in [6.45, 7) is 6.98. The summed E-state index contributed by atoms with van der Waals surface area (Å²) in [7, 11) is 1.38. The molecule has 0 spiro atoms. The Labute approximate surface area is 79.6 Å². The molecule has 4 nitrogen and oxygen atoms in total. The molecule has 13 heavy (non-hydrogen) atoms. The zero-order valence-corrected chi connectivity index (χ0v) is 8.79. The minimum atomic E-state index is -0.277. The lowest BCUT2D eigenvalue weighted by molar-refractivity contribution is -0.142. The minimum Gasteiger partial charge on any atom is -0.468 e. The molecule has 2 atom stereocenters. The average molecular weight is 189 g/mol. The van der Waals surface area contributed by atoms with Crippen LogP contribution in [0.2, 0.25) is 0 Å². The summed E-state index contributed by atoms with van der Waals surface area (Å²) in [4.78, 5) is 11.0. The first kappa shape index (κ1) is 12.4. The van der Waals surface area contributed by atoms with Crippen molar-refractivity contribution in [2.75, 3.05) is 20.3 Å². The molecule has 0 aliphatic heterocycles. The van der Waals surface area contributed by atoms with Crippen LogP contribution in [0.25, 0.3) is 0 Å². The molecule has 1 N–H and O–H groups in total. The van der Waals surface area contributed by atoms with E-state index in [4.69, 9.17) is 4.74 Å². The van der Waals surface area contributed by atoms with Crippen LogP contribution < -0.4 is 5.32 Å². The van der Waals surface area contributed by atoms with E-state index in [0.29, 0.717) is 13.2 Å². The predicted molar refractivity (Wildman–Crippen MR) is 50.6 cm³/mol. The maximum absolute atomic E-state index is 11.0. The average Bonchev–Trinajstić information content (AvgIpc) is 2.13. The number of hydrogen-bond donors (Lipinski definition) is 1. The summed E-state index contributed by atoms with van der Waals surface area (Å²) in [6.07, 6.45) is 0. The number of carbonyl (C=O) groups is 1. The lowest BCUT2D eigenvalue weighted by Crippen LogP contribution is -2.42. The van der Waals surface area contributed by atoms with Crippen molar-refractivity contribution in [1.29, 1.82) is 0 Å². The van der Waals surface area contributed by atoms with Crippen molar-refractivity contribution in [3.8, 4) is 0 Å². The van der Waals surface area contributed by atoms with E-state index in [1.54, 1.807) is 6.92 Å². The monoisotopic (exact) mass is 189 g/mol. The van der Waals surface area contributed by atoms with Crippen LogP contribution in [0, 0.1) is 0 Å². The Morgan fingerprint density at radius 1 is 1.46 bits per heavy atom. The maximum Gasteiger partial charge on any atom is 0.322 e. The first-order chi connectivity index (χ1) is 6.11. The lowest BCUT2D eigenvalue weighted by Gasteiger charge is -2.17. The molecule has 0 aromatic heterocycles. The van der Waals surface area contributed by atoms with E-state index in [1.165, 1.54) is 7.11 Å². The van der Waals surface area contributed by atoms with E-state index >= 15 is 0 Å². The fourth-order valence-corrected chi connectivity index (χ4v) is 1.01. The van der Waals surface area contributed by atoms with Crippen molar-refractivity contribution < 1.29 is 14.3 Å². The molecular weight excluding hydrogens is 170 g/mol. The maximum atomic E-state index is 11.0. The summed E-state index contributed by atoms with van der Waals surface area (Å²) in [6, 6.07) is -0.116. The fraction of sp³-hybridized carbons (Fsp3) is 0.889. The summed E-state index contributed by atoms with van der Waals surface area (Å²) >= 11 is 0. The van der Waals surface area contributed by atoms with Gasteiger partial charge in [0, 0.05) is 12.6 Å². The third-order valence-corrected chi connectivity index (χ3v) is 1.66. The van der Waals surface area contributed by atoms with E-state index in [1.807, 2.05) is 13.8 Å². The molecule has 78 valence electrons. The molecule has 0 saturated heterocycles. The molecular formula is C9H19NO3. The van der Waals surface area contributed by atoms with Gasteiger partial charge in [0.1, 0.15) is 6.04 Å². The minimum absolute atomic E-state index is 0.161. The lowest BCUT2D eigenvalue weighted by atomic mass is 10.3. The Morgan fingerprint density at radius 2 is 2.08 bits per heavy atom. The van der Waals surface area contributed by atoms with Gasteiger partial charge >= 0.3 is 5.97 Å². The van der Waals surface area contributed by atoms with Gasteiger partial charge in [-0.3, -0.25) is 10.1 Å². The Balaban J connectivity index is 3.64. The first-order valence-electron chi connectivity index (χ1n) is 4.53. The number of carbonyl (C=O) groups excluding carboxylic acids is 1. The number of methoxy groups -OCH3 is 1. The van der Waals surface area contributed by atoms with Gasteiger partial charge < -0.3 is 9.47 Å². The molecule has 0 heterocycles. The second kappa shape index (κ2) is 6.86.